The lowest BCUT2D eigenvalue weighted by atomic mass is 10.1. The number of hydrogen-bond donors (Lipinski definition) is 0. The van der Waals surface area contributed by atoms with E-state index in [4.69, 9.17) is 4.74 Å². The molecule has 0 fully saturated rings. The van der Waals surface area contributed by atoms with Gasteiger partial charge in [0, 0.05) is 13.3 Å². The minimum absolute atomic E-state index is 0.202. The van der Waals surface area contributed by atoms with Crippen molar-refractivity contribution in [3.8, 4) is 0 Å². The molecule has 2 heteroatoms. The van der Waals surface area contributed by atoms with Crippen LogP contribution in [0.5, 0.6) is 0 Å². The Morgan fingerprint density at radius 3 is 2.09 bits per heavy atom. The molecule has 0 atom stereocenters. The minimum atomic E-state index is -0.202. The van der Waals surface area contributed by atoms with E-state index in [0.29, 0.717) is 6.61 Å². The van der Waals surface area contributed by atoms with Crippen LogP contribution in [-0.4, -0.2) is 12.6 Å². The second kappa shape index (κ2) is 4.94. The summed E-state index contributed by atoms with van der Waals surface area (Å²) in [5.74, 6) is -0.202. The average molecular weight is 156 g/mol. The zero-order valence-corrected chi connectivity index (χ0v) is 7.73. The van der Waals surface area contributed by atoms with Gasteiger partial charge in [-0.25, -0.2) is 0 Å². The second-order valence-corrected chi connectivity index (χ2v) is 2.87. The molecule has 2 nitrogen and oxygen atoms in total. The van der Waals surface area contributed by atoms with Gasteiger partial charge in [-0.3, -0.25) is 4.79 Å². The Hall–Kier alpha value is -0.790. The first kappa shape index (κ1) is 10.2. The van der Waals surface area contributed by atoms with E-state index in [1.54, 1.807) is 0 Å². The molecule has 64 valence electrons. The van der Waals surface area contributed by atoms with E-state index in [1.165, 1.54) is 18.1 Å². The van der Waals surface area contributed by atoms with E-state index in [2.05, 4.69) is 20.8 Å². The summed E-state index contributed by atoms with van der Waals surface area (Å²) >= 11 is 0. The van der Waals surface area contributed by atoms with Crippen LogP contribution in [0.3, 0.4) is 0 Å². The highest BCUT2D eigenvalue weighted by atomic mass is 16.5. The summed E-state index contributed by atoms with van der Waals surface area (Å²) in [6, 6.07) is 0. The number of allylic oxidation sites excluding steroid dienone is 1. The highest BCUT2D eigenvalue weighted by Crippen LogP contribution is 2.06. The topological polar surface area (TPSA) is 26.3 Å². The number of esters is 1. The molecule has 0 rings (SSSR count). The highest BCUT2D eigenvalue weighted by Gasteiger charge is 1.95. The molecule has 0 aliphatic carbocycles. The molecular formula is C9H16O2. The van der Waals surface area contributed by atoms with Gasteiger partial charge in [-0.1, -0.05) is 11.1 Å². The molecule has 0 aliphatic heterocycles. The molecule has 0 aliphatic rings. The van der Waals surface area contributed by atoms with E-state index in [9.17, 15) is 4.79 Å². The summed E-state index contributed by atoms with van der Waals surface area (Å²) in [5, 5.41) is 0. The number of rotatable bonds is 3. The second-order valence-electron chi connectivity index (χ2n) is 2.87. The third kappa shape index (κ3) is 5.64. The molecule has 0 aromatic rings. The van der Waals surface area contributed by atoms with Gasteiger partial charge in [0.05, 0.1) is 6.61 Å². The van der Waals surface area contributed by atoms with Gasteiger partial charge in [-0.2, -0.15) is 0 Å². The van der Waals surface area contributed by atoms with Crippen LogP contribution >= 0.6 is 0 Å². The molecule has 0 spiro atoms. The van der Waals surface area contributed by atoms with Gasteiger partial charge in [0.15, 0.2) is 0 Å². The van der Waals surface area contributed by atoms with Gasteiger partial charge < -0.3 is 4.74 Å². The first-order chi connectivity index (χ1) is 5.04. The molecule has 0 unspecified atom stereocenters. The van der Waals surface area contributed by atoms with Crippen LogP contribution < -0.4 is 0 Å². The van der Waals surface area contributed by atoms with E-state index < -0.39 is 0 Å². The van der Waals surface area contributed by atoms with Gasteiger partial charge in [-0.15, -0.1) is 0 Å². The fourth-order valence-electron chi connectivity index (χ4n) is 0.598. The zero-order chi connectivity index (χ0) is 8.85. The van der Waals surface area contributed by atoms with Crippen LogP contribution in [0.4, 0.5) is 0 Å². The van der Waals surface area contributed by atoms with Crippen molar-refractivity contribution in [2.45, 2.75) is 34.1 Å². The van der Waals surface area contributed by atoms with Crippen molar-refractivity contribution in [3.05, 3.63) is 11.1 Å². The normalized spacial score (nSPS) is 9.09. The lowest BCUT2D eigenvalue weighted by Crippen LogP contribution is -2.00. The average Bonchev–Trinajstić information content (AvgIpc) is 1.86. The maximum absolute atomic E-state index is 10.4. The van der Waals surface area contributed by atoms with Crippen LogP contribution in [0.15, 0.2) is 11.1 Å². The Bertz CT molecular complexity index is 164. The van der Waals surface area contributed by atoms with Gasteiger partial charge in [0.1, 0.15) is 0 Å². The van der Waals surface area contributed by atoms with Crippen molar-refractivity contribution in [3.63, 3.8) is 0 Å². The van der Waals surface area contributed by atoms with Gasteiger partial charge in [-0.05, 0) is 20.8 Å². The predicted molar refractivity (Wildman–Crippen MR) is 45.3 cm³/mol. The third-order valence-corrected chi connectivity index (χ3v) is 1.64. The van der Waals surface area contributed by atoms with Crippen LogP contribution in [0.2, 0.25) is 0 Å². The molecule has 11 heavy (non-hydrogen) atoms. The quantitative estimate of drug-likeness (QED) is 0.463. The predicted octanol–water partition coefficient (Wildman–Crippen LogP) is 2.30. The molecule has 0 aromatic carbocycles. The number of carbonyl (C=O) groups is 1. The largest absolute Gasteiger partial charge is 0.466 e. The zero-order valence-electron chi connectivity index (χ0n) is 7.73. The molecule has 0 bridgehead atoms. The van der Waals surface area contributed by atoms with Crippen molar-refractivity contribution in [2.75, 3.05) is 6.61 Å². The van der Waals surface area contributed by atoms with Crippen molar-refractivity contribution in [2.24, 2.45) is 0 Å². The number of carbonyl (C=O) groups excluding carboxylic acids is 1. The van der Waals surface area contributed by atoms with E-state index in [-0.39, 0.29) is 5.97 Å². The van der Waals surface area contributed by atoms with E-state index in [0.717, 1.165) is 6.42 Å². The molecule has 0 aromatic heterocycles. The van der Waals surface area contributed by atoms with Crippen LogP contribution in [0, 0.1) is 0 Å². The van der Waals surface area contributed by atoms with Crippen molar-refractivity contribution >= 4 is 5.97 Å². The fraction of sp³-hybridized carbons (Fsp3) is 0.667. The Balaban J connectivity index is 3.56. The first-order valence-corrected chi connectivity index (χ1v) is 3.80. The summed E-state index contributed by atoms with van der Waals surface area (Å²) in [4.78, 5) is 10.4. The number of hydrogen-bond acceptors (Lipinski definition) is 2. The van der Waals surface area contributed by atoms with Gasteiger partial charge >= 0.3 is 5.97 Å². The summed E-state index contributed by atoms with van der Waals surface area (Å²) in [6.07, 6.45) is 0.849. The molecule has 0 heterocycles. The number of ether oxygens (including phenoxy) is 1. The van der Waals surface area contributed by atoms with Crippen LogP contribution in [-0.2, 0) is 9.53 Å². The molecule has 0 saturated heterocycles. The van der Waals surface area contributed by atoms with Gasteiger partial charge in [0.25, 0.3) is 0 Å². The minimum Gasteiger partial charge on any atom is -0.466 e. The summed E-state index contributed by atoms with van der Waals surface area (Å²) in [5.41, 5.74) is 2.60. The summed E-state index contributed by atoms with van der Waals surface area (Å²) in [7, 11) is 0. The Kier molecular flexibility index (Phi) is 4.59. The Morgan fingerprint density at radius 1 is 1.18 bits per heavy atom. The maximum atomic E-state index is 10.4. The van der Waals surface area contributed by atoms with Crippen LogP contribution in [0.1, 0.15) is 34.1 Å². The van der Waals surface area contributed by atoms with Crippen LogP contribution in [0.25, 0.3) is 0 Å². The summed E-state index contributed by atoms with van der Waals surface area (Å²) < 4.78 is 4.79. The van der Waals surface area contributed by atoms with Gasteiger partial charge in [0.2, 0.25) is 0 Å². The summed E-state index contributed by atoms with van der Waals surface area (Å²) in [6.45, 7) is 8.11. The smallest absolute Gasteiger partial charge is 0.302 e. The maximum Gasteiger partial charge on any atom is 0.302 e. The lowest BCUT2D eigenvalue weighted by Gasteiger charge is -2.03. The standard InChI is InChI=1S/C9H16O2/c1-7(2)8(3)5-6-11-9(4)10/h5-6H2,1-4H3. The van der Waals surface area contributed by atoms with Crippen molar-refractivity contribution < 1.29 is 9.53 Å². The SMILES string of the molecule is CC(=O)OCCC(C)=C(C)C. The Morgan fingerprint density at radius 2 is 1.73 bits per heavy atom. The fourth-order valence-corrected chi connectivity index (χ4v) is 0.598. The molecule has 0 amide bonds. The Labute approximate surface area is 68.2 Å². The third-order valence-electron chi connectivity index (χ3n) is 1.64. The first-order valence-electron chi connectivity index (χ1n) is 3.80. The van der Waals surface area contributed by atoms with Crippen molar-refractivity contribution in [1.29, 1.82) is 0 Å². The molecule has 0 radical (unpaired) electrons. The highest BCUT2D eigenvalue weighted by molar-refractivity contribution is 5.65. The molecular weight excluding hydrogens is 140 g/mol. The van der Waals surface area contributed by atoms with E-state index >= 15 is 0 Å². The monoisotopic (exact) mass is 156 g/mol. The van der Waals surface area contributed by atoms with E-state index in [1.807, 2.05) is 0 Å². The molecule has 0 saturated carbocycles. The lowest BCUT2D eigenvalue weighted by molar-refractivity contribution is -0.140. The van der Waals surface area contributed by atoms with Crippen molar-refractivity contribution in [1.82, 2.24) is 0 Å². The molecule has 0 N–H and O–H groups in total.